The van der Waals surface area contributed by atoms with Crippen molar-refractivity contribution in [2.24, 2.45) is 5.92 Å². The fourth-order valence-corrected chi connectivity index (χ4v) is 2.94. The van der Waals surface area contributed by atoms with Crippen molar-refractivity contribution in [3.63, 3.8) is 0 Å². The first-order chi connectivity index (χ1) is 8.82. The molecule has 5 nitrogen and oxygen atoms in total. The molecule has 0 bridgehead atoms. The van der Waals surface area contributed by atoms with Crippen LogP contribution in [0.1, 0.15) is 19.8 Å². The molecule has 0 amide bonds. The van der Waals surface area contributed by atoms with Gasteiger partial charge >= 0.3 is 0 Å². The number of benzene rings is 1. The Kier molecular flexibility index (Phi) is 3.73. The second-order valence-electron chi connectivity index (χ2n) is 5.31. The molecule has 6 heteroatoms. The maximum atomic E-state index is 12.0. The quantitative estimate of drug-likeness (QED) is 0.807. The zero-order valence-electron chi connectivity index (χ0n) is 11.6. The van der Waals surface area contributed by atoms with E-state index in [0.29, 0.717) is 17.6 Å². The Balaban J connectivity index is 2.21. The average Bonchev–Trinajstić information content (AvgIpc) is 3.15. The highest BCUT2D eigenvalue weighted by atomic mass is 32.2. The molecule has 0 heterocycles. The Hall–Kier alpha value is -1.27. The number of nitrogen functional groups attached to an aromatic ring is 1. The Morgan fingerprint density at radius 2 is 2.00 bits per heavy atom. The number of anilines is 2. The lowest BCUT2D eigenvalue weighted by Crippen LogP contribution is -2.23. The first-order valence-corrected chi connectivity index (χ1v) is 7.85. The van der Waals surface area contributed by atoms with Gasteiger partial charge in [-0.05, 0) is 43.9 Å². The highest BCUT2D eigenvalue weighted by Crippen LogP contribution is 2.35. The summed E-state index contributed by atoms with van der Waals surface area (Å²) in [7, 11) is -0.409. The highest BCUT2D eigenvalue weighted by Gasteiger charge is 2.28. The monoisotopic (exact) mass is 283 g/mol. The van der Waals surface area contributed by atoms with Gasteiger partial charge in [0.2, 0.25) is 10.0 Å². The minimum atomic E-state index is -3.42. The van der Waals surface area contributed by atoms with Gasteiger partial charge in [0.25, 0.3) is 0 Å². The van der Waals surface area contributed by atoms with E-state index in [9.17, 15) is 8.42 Å². The normalized spacial score (nSPS) is 17.5. The van der Waals surface area contributed by atoms with Crippen LogP contribution in [0.15, 0.2) is 23.1 Å². The van der Waals surface area contributed by atoms with Gasteiger partial charge in [-0.25, -0.2) is 12.7 Å². The molecule has 1 aromatic carbocycles. The third-order valence-corrected chi connectivity index (χ3v) is 5.32. The van der Waals surface area contributed by atoms with E-state index in [1.54, 1.807) is 12.1 Å². The van der Waals surface area contributed by atoms with E-state index in [1.807, 2.05) is 0 Å². The Morgan fingerprint density at radius 3 is 2.47 bits per heavy atom. The van der Waals surface area contributed by atoms with Crippen LogP contribution in [0.25, 0.3) is 0 Å². The zero-order valence-corrected chi connectivity index (χ0v) is 12.4. The third kappa shape index (κ3) is 3.01. The maximum absolute atomic E-state index is 12.0. The lowest BCUT2D eigenvalue weighted by molar-refractivity contribution is 0.521. The van der Waals surface area contributed by atoms with Gasteiger partial charge in [0.1, 0.15) is 0 Å². The fourth-order valence-electron chi connectivity index (χ4n) is 2.00. The summed E-state index contributed by atoms with van der Waals surface area (Å²) in [4.78, 5) is 0.222. The van der Waals surface area contributed by atoms with E-state index >= 15 is 0 Å². The second-order valence-corrected chi connectivity index (χ2v) is 7.46. The summed E-state index contributed by atoms with van der Waals surface area (Å²) in [6.07, 6.45) is 2.50. The molecular formula is C13H21N3O2S. The molecule has 0 saturated heterocycles. The van der Waals surface area contributed by atoms with Crippen molar-refractivity contribution in [1.82, 2.24) is 4.31 Å². The third-order valence-electron chi connectivity index (χ3n) is 3.51. The Bertz CT molecular complexity index is 565. The molecule has 0 aliphatic heterocycles. The molecule has 2 rings (SSSR count). The van der Waals surface area contributed by atoms with Crippen molar-refractivity contribution in [3.05, 3.63) is 18.2 Å². The number of nitrogens with two attached hydrogens (primary N) is 1. The van der Waals surface area contributed by atoms with E-state index in [2.05, 4.69) is 12.2 Å². The van der Waals surface area contributed by atoms with E-state index in [4.69, 9.17) is 5.73 Å². The number of sulfonamides is 1. The van der Waals surface area contributed by atoms with Crippen LogP contribution in [0.3, 0.4) is 0 Å². The van der Waals surface area contributed by atoms with Crippen LogP contribution in [0.4, 0.5) is 11.4 Å². The van der Waals surface area contributed by atoms with Gasteiger partial charge in [0, 0.05) is 20.1 Å². The minimum Gasteiger partial charge on any atom is -0.397 e. The van der Waals surface area contributed by atoms with Gasteiger partial charge in [-0.3, -0.25) is 0 Å². The van der Waals surface area contributed by atoms with Crippen LogP contribution >= 0.6 is 0 Å². The van der Waals surface area contributed by atoms with Crippen molar-refractivity contribution in [3.8, 4) is 0 Å². The molecule has 1 atom stereocenters. The zero-order chi connectivity index (χ0) is 14.2. The molecule has 3 N–H and O–H groups in total. The highest BCUT2D eigenvalue weighted by molar-refractivity contribution is 7.89. The second kappa shape index (κ2) is 5.02. The van der Waals surface area contributed by atoms with E-state index in [0.717, 1.165) is 5.69 Å². The number of nitrogens with one attached hydrogen (secondary N) is 1. The fraction of sp³-hybridized carbons (Fsp3) is 0.538. The summed E-state index contributed by atoms with van der Waals surface area (Å²) in [5.41, 5.74) is 7.21. The molecule has 1 unspecified atom stereocenters. The summed E-state index contributed by atoms with van der Waals surface area (Å²) in [5.74, 6) is 0.713. The molecule has 106 valence electrons. The van der Waals surface area contributed by atoms with Crippen molar-refractivity contribution < 1.29 is 8.42 Å². The molecule has 1 aromatic rings. The molecule has 1 fully saturated rings. The van der Waals surface area contributed by atoms with Crippen LogP contribution in [-0.4, -0.2) is 32.9 Å². The summed E-state index contributed by atoms with van der Waals surface area (Å²) < 4.78 is 25.2. The van der Waals surface area contributed by atoms with Crippen LogP contribution in [-0.2, 0) is 10.0 Å². The van der Waals surface area contributed by atoms with E-state index in [1.165, 1.54) is 37.3 Å². The molecule has 0 radical (unpaired) electrons. The number of nitrogens with zero attached hydrogens (tertiary/aromatic N) is 1. The predicted octanol–water partition coefficient (Wildman–Crippen LogP) is 1.73. The first-order valence-electron chi connectivity index (χ1n) is 6.41. The molecule has 1 aliphatic carbocycles. The molecular weight excluding hydrogens is 262 g/mol. The summed E-state index contributed by atoms with van der Waals surface area (Å²) in [6.45, 7) is 2.13. The summed E-state index contributed by atoms with van der Waals surface area (Å²) >= 11 is 0. The van der Waals surface area contributed by atoms with Crippen LogP contribution in [0.2, 0.25) is 0 Å². The smallest absolute Gasteiger partial charge is 0.242 e. The maximum Gasteiger partial charge on any atom is 0.242 e. The minimum absolute atomic E-state index is 0.222. The molecule has 19 heavy (non-hydrogen) atoms. The lowest BCUT2D eigenvalue weighted by atomic mass is 10.2. The topological polar surface area (TPSA) is 75.4 Å². The van der Waals surface area contributed by atoms with E-state index in [-0.39, 0.29) is 4.90 Å². The van der Waals surface area contributed by atoms with Gasteiger partial charge in [0.05, 0.1) is 16.3 Å². The SMILES string of the molecule is CC(Nc1ccc(S(=O)(=O)N(C)C)cc1N)C1CC1. The van der Waals surface area contributed by atoms with Gasteiger partial charge in [-0.15, -0.1) is 0 Å². The molecule has 1 aliphatic rings. The molecule has 1 saturated carbocycles. The van der Waals surface area contributed by atoms with Crippen molar-refractivity contribution >= 4 is 21.4 Å². The van der Waals surface area contributed by atoms with Crippen molar-refractivity contribution in [1.29, 1.82) is 0 Å². The summed E-state index contributed by atoms with van der Waals surface area (Å²) in [6, 6.07) is 5.22. The van der Waals surface area contributed by atoms with E-state index < -0.39 is 10.0 Å². The number of rotatable bonds is 5. The molecule has 0 spiro atoms. The van der Waals surface area contributed by atoms with Crippen molar-refractivity contribution in [2.75, 3.05) is 25.1 Å². The molecule has 0 aromatic heterocycles. The Labute approximate surface area is 114 Å². The lowest BCUT2D eigenvalue weighted by Gasteiger charge is -2.17. The largest absolute Gasteiger partial charge is 0.397 e. The van der Waals surface area contributed by atoms with Gasteiger partial charge in [0.15, 0.2) is 0 Å². The van der Waals surface area contributed by atoms with Crippen LogP contribution in [0, 0.1) is 5.92 Å². The van der Waals surface area contributed by atoms with Crippen LogP contribution in [0.5, 0.6) is 0 Å². The van der Waals surface area contributed by atoms with Gasteiger partial charge < -0.3 is 11.1 Å². The average molecular weight is 283 g/mol. The number of hydrogen-bond acceptors (Lipinski definition) is 4. The Morgan fingerprint density at radius 1 is 1.37 bits per heavy atom. The first kappa shape index (κ1) is 14.1. The van der Waals surface area contributed by atoms with Crippen LogP contribution < -0.4 is 11.1 Å². The predicted molar refractivity (Wildman–Crippen MR) is 77.5 cm³/mol. The summed E-state index contributed by atoms with van der Waals surface area (Å²) in [5, 5.41) is 3.35. The van der Waals surface area contributed by atoms with Gasteiger partial charge in [-0.1, -0.05) is 0 Å². The van der Waals surface area contributed by atoms with Crippen molar-refractivity contribution in [2.45, 2.75) is 30.7 Å². The standard InChI is InChI=1S/C13H21N3O2S/c1-9(10-4-5-10)15-13-7-6-11(8-12(13)14)19(17,18)16(2)3/h6-10,15H,4-5,14H2,1-3H3. The van der Waals surface area contributed by atoms with Gasteiger partial charge in [-0.2, -0.15) is 0 Å². The number of hydrogen-bond donors (Lipinski definition) is 2.